The summed E-state index contributed by atoms with van der Waals surface area (Å²) in [5.74, 6) is 2.56. The van der Waals surface area contributed by atoms with Crippen molar-refractivity contribution in [1.82, 2.24) is 14.8 Å². The van der Waals surface area contributed by atoms with Crippen LogP contribution in [-0.2, 0) is 12.3 Å². The molecule has 0 aliphatic rings. The Kier molecular flexibility index (Phi) is 4.88. The zero-order chi connectivity index (χ0) is 17.8. The highest BCUT2D eigenvalue weighted by molar-refractivity contribution is 7.98. The number of hydrogen-bond acceptors (Lipinski definition) is 4. The van der Waals surface area contributed by atoms with Crippen LogP contribution in [0.5, 0.6) is 0 Å². The molecule has 2 aromatic heterocycles. The van der Waals surface area contributed by atoms with Crippen LogP contribution in [0.2, 0.25) is 0 Å². The topological polar surface area (TPSA) is 43.9 Å². The molecule has 0 atom stereocenters. The molecule has 4 aromatic rings. The summed E-state index contributed by atoms with van der Waals surface area (Å²) in [7, 11) is 0. The summed E-state index contributed by atoms with van der Waals surface area (Å²) in [5, 5.41) is 9.83. The van der Waals surface area contributed by atoms with Crippen molar-refractivity contribution >= 4 is 11.8 Å². The highest BCUT2D eigenvalue weighted by atomic mass is 32.2. The first-order chi connectivity index (χ1) is 12.8. The Morgan fingerprint density at radius 2 is 1.58 bits per heavy atom. The molecular formula is C21H19N3OS. The van der Waals surface area contributed by atoms with Crippen LogP contribution in [0.25, 0.3) is 11.4 Å². The van der Waals surface area contributed by atoms with E-state index in [1.165, 1.54) is 11.1 Å². The van der Waals surface area contributed by atoms with Crippen LogP contribution < -0.4 is 0 Å². The smallest absolute Gasteiger partial charge is 0.192 e. The monoisotopic (exact) mass is 361 g/mol. The van der Waals surface area contributed by atoms with E-state index in [0.29, 0.717) is 0 Å². The second-order valence-electron chi connectivity index (χ2n) is 6.04. The van der Waals surface area contributed by atoms with Crippen molar-refractivity contribution in [3.8, 4) is 11.4 Å². The minimum Gasteiger partial charge on any atom is -0.469 e. The van der Waals surface area contributed by atoms with Crippen LogP contribution in [0.3, 0.4) is 0 Å². The minimum atomic E-state index is 0.727. The van der Waals surface area contributed by atoms with Gasteiger partial charge in [0.2, 0.25) is 0 Å². The number of aryl methyl sites for hydroxylation is 1. The van der Waals surface area contributed by atoms with E-state index in [9.17, 15) is 0 Å². The molecule has 2 heterocycles. The van der Waals surface area contributed by atoms with Crippen LogP contribution in [0.15, 0.2) is 82.6 Å². The van der Waals surface area contributed by atoms with E-state index in [2.05, 4.69) is 63.3 Å². The maximum atomic E-state index is 5.47. The predicted molar refractivity (Wildman–Crippen MR) is 104 cm³/mol. The van der Waals surface area contributed by atoms with E-state index in [-0.39, 0.29) is 0 Å². The zero-order valence-corrected chi connectivity index (χ0v) is 15.3. The summed E-state index contributed by atoms with van der Waals surface area (Å²) in [6.07, 6.45) is 1.70. The first-order valence-electron chi connectivity index (χ1n) is 8.49. The first-order valence-corrected chi connectivity index (χ1v) is 9.48. The van der Waals surface area contributed by atoms with Gasteiger partial charge in [0.05, 0.1) is 18.4 Å². The van der Waals surface area contributed by atoms with Crippen molar-refractivity contribution in [3.05, 3.63) is 89.9 Å². The molecule has 0 saturated heterocycles. The van der Waals surface area contributed by atoms with Crippen molar-refractivity contribution in [2.24, 2.45) is 0 Å². The summed E-state index contributed by atoms with van der Waals surface area (Å²) >= 11 is 1.70. The number of rotatable bonds is 6. The molecule has 0 N–H and O–H groups in total. The fraction of sp³-hybridized carbons (Fsp3) is 0.143. The third kappa shape index (κ3) is 3.58. The lowest BCUT2D eigenvalue weighted by Crippen LogP contribution is -2.04. The Labute approximate surface area is 156 Å². The van der Waals surface area contributed by atoms with Crippen LogP contribution in [-0.4, -0.2) is 14.8 Å². The molecule has 5 heteroatoms. The molecule has 0 fully saturated rings. The van der Waals surface area contributed by atoms with Gasteiger partial charge in [-0.3, -0.25) is 4.57 Å². The molecule has 0 saturated carbocycles. The van der Waals surface area contributed by atoms with E-state index in [1.54, 1.807) is 18.0 Å². The second kappa shape index (κ2) is 7.62. The van der Waals surface area contributed by atoms with Gasteiger partial charge in [-0.25, -0.2) is 0 Å². The number of furan rings is 1. The molecule has 4 nitrogen and oxygen atoms in total. The number of nitrogens with zero attached hydrogens (tertiary/aromatic N) is 3. The molecule has 0 amide bonds. The minimum absolute atomic E-state index is 0.727. The second-order valence-corrected chi connectivity index (χ2v) is 6.99. The standard InChI is InChI=1S/C21H19N3OS/c1-16-19(12-13-25-16)20-22-23-21(26-15-18-10-6-3-7-11-18)24(20)14-17-8-4-2-5-9-17/h2-13H,14-15H2,1H3. The van der Waals surface area contributed by atoms with Crippen molar-refractivity contribution in [1.29, 1.82) is 0 Å². The van der Waals surface area contributed by atoms with E-state index >= 15 is 0 Å². The van der Waals surface area contributed by atoms with E-state index in [0.717, 1.165) is 34.6 Å². The van der Waals surface area contributed by atoms with Crippen LogP contribution in [0.1, 0.15) is 16.9 Å². The van der Waals surface area contributed by atoms with Gasteiger partial charge in [0.25, 0.3) is 0 Å². The average molecular weight is 361 g/mol. The highest BCUT2D eigenvalue weighted by Gasteiger charge is 2.17. The Morgan fingerprint density at radius 3 is 2.23 bits per heavy atom. The summed E-state index contributed by atoms with van der Waals surface area (Å²) < 4.78 is 7.64. The van der Waals surface area contributed by atoms with Gasteiger partial charge in [0, 0.05) is 5.75 Å². The lowest BCUT2D eigenvalue weighted by Gasteiger charge is -2.10. The SMILES string of the molecule is Cc1occc1-c1nnc(SCc2ccccc2)n1Cc1ccccc1. The number of hydrogen-bond donors (Lipinski definition) is 0. The highest BCUT2D eigenvalue weighted by Crippen LogP contribution is 2.29. The molecule has 0 spiro atoms. The molecule has 2 aromatic carbocycles. The normalized spacial score (nSPS) is 11.0. The molecular weight excluding hydrogens is 342 g/mol. The van der Waals surface area contributed by atoms with Crippen LogP contribution in [0, 0.1) is 6.92 Å². The Morgan fingerprint density at radius 1 is 0.885 bits per heavy atom. The van der Waals surface area contributed by atoms with Gasteiger partial charge in [0.1, 0.15) is 5.76 Å². The Hall–Kier alpha value is -2.79. The lowest BCUT2D eigenvalue weighted by atomic mass is 10.2. The van der Waals surface area contributed by atoms with Crippen LogP contribution in [0.4, 0.5) is 0 Å². The van der Waals surface area contributed by atoms with Gasteiger partial charge < -0.3 is 4.42 Å². The number of aromatic nitrogens is 3. The third-order valence-electron chi connectivity index (χ3n) is 4.21. The quantitative estimate of drug-likeness (QED) is 0.444. The van der Waals surface area contributed by atoms with Gasteiger partial charge in [-0.15, -0.1) is 10.2 Å². The van der Waals surface area contributed by atoms with Gasteiger partial charge in [-0.1, -0.05) is 72.4 Å². The van der Waals surface area contributed by atoms with Gasteiger partial charge in [0.15, 0.2) is 11.0 Å². The fourth-order valence-electron chi connectivity index (χ4n) is 2.84. The molecule has 130 valence electrons. The Balaban J connectivity index is 1.67. The van der Waals surface area contributed by atoms with Crippen molar-refractivity contribution in [2.45, 2.75) is 24.4 Å². The maximum absolute atomic E-state index is 5.47. The number of thioether (sulfide) groups is 1. The average Bonchev–Trinajstić information content (AvgIpc) is 3.27. The van der Waals surface area contributed by atoms with Crippen molar-refractivity contribution < 1.29 is 4.42 Å². The summed E-state index contributed by atoms with van der Waals surface area (Å²) in [6.45, 7) is 2.68. The largest absolute Gasteiger partial charge is 0.469 e. The molecule has 0 bridgehead atoms. The molecule has 0 unspecified atom stereocenters. The summed E-state index contributed by atoms with van der Waals surface area (Å²) in [4.78, 5) is 0. The lowest BCUT2D eigenvalue weighted by molar-refractivity contribution is 0.534. The predicted octanol–water partition coefficient (Wildman–Crippen LogP) is 5.19. The summed E-state index contributed by atoms with van der Waals surface area (Å²) in [6, 6.07) is 22.8. The molecule has 0 aliphatic heterocycles. The molecule has 26 heavy (non-hydrogen) atoms. The van der Waals surface area contributed by atoms with Gasteiger partial charge >= 0.3 is 0 Å². The van der Waals surface area contributed by atoms with E-state index in [4.69, 9.17) is 4.42 Å². The molecule has 0 aliphatic carbocycles. The van der Waals surface area contributed by atoms with Gasteiger partial charge in [-0.05, 0) is 24.1 Å². The molecule has 4 rings (SSSR count). The van der Waals surface area contributed by atoms with Crippen LogP contribution >= 0.6 is 11.8 Å². The summed E-state index contributed by atoms with van der Waals surface area (Å²) in [5.41, 5.74) is 3.48. The zero-order valence-electron chi connectivity index (χ0n) is 14.5. The van der Waals surface area contributed by atoms with Crippen molar-refractivity contribution in [3.63, 3.8) is 0 Å². The van der Waals surface area contributed by atoms with E-state index in [1.807, 2.05) is 25.1 Å². The molecule has 0 radical (unpaired) electrons. The van der Waals surface area contributed by atoms with Crippen molar-refractivity contribution in [2.75, 3.05) is 0 Å². The van der Waals surface area contributed by atoms with Gasteiger partial charge in [-0.2, -0.15) is 0 Å². The number of benzene rings is 2. The first kappa shape index (κ1) is 16.7. The fourth-order valence-corrected chi connectivity index (χ4v) is 3.74. The van der Waals surface area contributed by atoms with E-state index < -0.39 is 0 Å². The maximum Gasteiger partial charge on any atom is 0.192 e. The third-order valence-corrected chi connectivity index (χ3v) is 5.25. The Bertz CT molecular complexity index is 977.